The van der Waals surface area contributed by atoms with Crippen molar-refractivity contribution in [3.8, 4) is 0 Å². The molecule has 0 radical (unpaired) electrons. The Morgan fingerprint density at radius 1 is 1.23 bits per heavy atom. The third-order valence-electron chi connectivity index (χ3n) is 1.96. The number of esters is 1. The lowest BCUT2D eigenvalue weighted by atomic mass is 10.1. The van der Waals surface area contributed by atoms with E-state index < -0.39 is 23.9 Å². The molecule has 13 heavy (non-hydrogen) atoms. The fraction of sp³-hybridized carbons (Fsp3) is 0.571. The van der Waals surface area contributed by atoms with E-state index in [-0.39, 0.29) is 0 Å². The van der Waals surface area contributed by atoms with Gasteiger partial charge in [0.25, 0.3) is 5.91 Å². The molecule has 0 saturated carbocycles. The lowest BCUT2D eigenvalue weighted by Gasteiger charge is -2.25. The van der Waals surface area contributed by atoms with Crippen molar-refractivity contribution in [1.29, 1.82) is 0 Å². The van der Waals surface area contributed by atoms with Gasteiger partial charge in [0.1, 0.15) is 0 Å². The Morgan fingerprint density at radius 2 is 2.00 bits per heavy atom. The summed E-state index contributed by atoms with van der Waals surface area (Å²) < 4.78 is 4.60. The summed E-state index contributed by atoms with van der Waals surface area (Å²) in [5, 5.41) is 0.890. The van der Waals surface area contributed by atoms with E-state index in [1.165, 1.54) is 0 Å². The molecule has 0 aromatic heterocycles. The monoisotopic (exact) mass is 185 g/mol. The highest BCUT2D eigenvalue weighted by atomic mass is 16.7. The molecule has 2 aliphatic heterocycles. The third kappa shape index (κ3) is 1.24. The van der Waals surface area contributed by atoms with Crippen molar-refractivity contribution in [2.75, 3.05) is 6.54 Å². The molecule has 2 aliphatic rings. The predicted molar refractivity (Wildman–Crippen MR) is 36.9 cm³/mol. The first-order valence-electron chi connectivity index (χ1n) is 3.93. The van der Waals surface area contributed by atoms with Gasteiger partial charge in [-0.2, -0.15) is 5.06 Å². The topological polar surface area (TPSA) is 72.9 Å². The zero-order valence-electron chi connectivity index (χ0n) is 6.69. The summed E-state index contributed by atoms with van der Waals surface area (Å²) in [7, 11) is 0. The first-order valence-corrected chi connectivity index (χ1v) is 3.93. The fourth-order valence-electron chi connectivity index (χ4n) is 1.33. The number of hydrogen-bond acceptors (Lipinski definition) is 5. The third-order valence-corrected chi connectivity index (χ3v) is 1.96. The first kappa shape index (κ1) is 8.03. The maximum Gasteiger partial charge on any atom is 0.441 e. The number of carbonyl (C=O) groups excluding carboxylic acids is 3. The fourth-order valence-corrected chi connectivity index (χ4v) is 1.33. The zero-order chi connectivity index (χ0) is 9.42. The molecule has 6 heteroatoms. The van der Waals surface area contributed by atoms with Crippen LogP contribution in [0.15, 0.2) is 0 Å². The van der Waals surface area contributed by atoms with Gasteiger partial charge in [-0.1, -0.05) is 0 Å². The maximum absolute atomic E-state index is 11.3. The zero-order valence-corrected chi connectivity index (χ0v) is 6.69. The summed E-state index contributed by atoms with van der Waals surface area (Å²) in [6.07, 6.45) is 0.280. The molecule has 0 spiro atoms. The van der Waals surface area contributed by atoms with Gasteiger partial charge in [0.05, 0.1) is 6.54 Å². The lowest BCUT2D eigenvalue weighted by Crippen LogP contribution is -2.43. The minimum Gasteiger partial charge on any atom is -0.444 e. The van der Waals surface area contributed by atoms with Crippen LogP contribution >= 0.6 is 0 Å². The lowest BCUT2D eigenvalue weighted by molar-refractivity contribution is -0.198. The highest BCUT2D eigenvalue weighted by molar-refractivity contribution is 6.30. The molecule has 0 N–H and O–H groups in total. The molecule has 2 rings (SSSR count). The van der Waals surface area contributed by atoms with Crippen LogP contribution in [0.25, 0.3) is 0 Å². The minimum atomic E-state index is -1.13. The van der Waals surface area contributed by atoms with Crippen molar-refractivity contribution in [3.05, 3.63) is 0 Å². The van der Waals surface area contributed by atoms with E-state index in [9.17, 15) is 14.4 Å². The van der Waals surface area contributed by atoms with E-state index in [1.807, 2.05) is 0 Å². The molecule has 70 valence electrons. The van der Waals surface area contributed by atoms with Gasteiger partial charge in [0.15, 0.2) is 6.10 Å². The summed E-state index contributed by atoms with van der Waals surface area (Å²) in [4.78, 5) is 37.4. The highest BCUT2D eigenvalue weighted by Gasteiger charge is 2.40. The van der Waals surface area contributed by atoms with E-state index in [2.05, 4.69) is 9.57 Å². The second-order valence-corrected chi connectivity index (χ2v) is 2.86. The molecule has 6 nitrogen and oxygen atoms in total. The van der Waals surface area contributed by atoms with Crippen molar-refractivity contribution in [2.24, 2.45) is 0 Å². The van der Waals surface area contributed by atoms with Crippen molar-refractivity contribution in [3.63, 3.8) is 0 Å². The molecule has 1 atom stereocenters. The Labute approximate surface area is 73.3 Å². The number of amides is 1. The first-order chi connectivity index (χ1) is 6.18. The van der Waals surface area contributed by atoms with E-state index in [0.29, 0.717) is 19.4 Å². The van der Waals surface area contributed by atoms with Crippen LogP contribution in [-0.4, -0.2) is 35.6 Å². The van der Waals surface area contributed by atoms with Gasteiger partial charge in [-0.05, 0) is 12.8 Å². The van der Waals surface area contributed by atoms with Crippen molar-refractivity contribution in [1.82, 2.24) is 5.06 Å². The largest absolute Gasteiger partial charge is 0.444 e. The molecule has 2 heterocycles. The summed E-state index contributed by atoms with van der Waals surface area (Å²) >= 11 is 0. The molecule has 2 bridgehead atoms. The average molecular weight is 185 g/mol. The van der Waals surface area contributed by atoms with E-state index in [1.54, 1.807) is 0 Å². The van der Waals surface area contributed by atoms with Crippen molar-refractivity contribution < 1.29 is 24.0 Å². The Kier molecular flexibility index (Phi) is 1.68. The Morgan fingerprint density at radius 3 is 2.77 bits per heavy atom. The van der Waals surface area contributed by atoms with Gasteiger partial charge < -0.3 is 9.57 Å². The van der Waals surface area contributed by atoms with Crippen LogP contribution in [0, 0.1) is 0 Å². The molecule has 2 saturated heterocycles. The number of fused-ring (bicyclic) bond motifs is 2. The van der Waals surface area contributed by atoms with Gasteiger partial charge in [-0.25, -0.2) is 9.59 Å². The van der Waals surface area contributed by atoms with E-state index in [0.717, 1.165) is 5.06 Å². The summed E-state index contributed by atoms with van der Waals surface area (Å²) in [6, 6.07) is 0. The summed E-state index contributed by atoms with van der Waals surface area (Å²) in [5.74, 6) is -2.68. The molecule has 0 aromatic carbocycles. The van der Waals surface area contributed by atoms with E-state index in [4.69, 9.17) is 0 Å². The van der Waals surface area contributed by atoms with Crippen molar-refractivity contribution >= 4 is 17.8 Å². The van der Waals surface area contributed by atoms with Crippen LogP contribution in [-0.2, 0) is 24.0 Å². The van der Waals surface area contributed by atoms with Crippen molar-refractivity contribution in [2.45, 2.75) is 18.9 Å². The number of carbonyl (C=O) groups is 3. The number of piperidine rings is 1. The summed E-state index contributed by atoms with van der Waals surface area (Å²) in [5.41, 5.74) is 0. The molecule has 0 aromatic rings. The van der Waals surface area contributed by atoms with Crippen LogP contribution in [0.1, 0.15) is 12.8 Å². The predicted octanol–water partition coefficient (Wildman–Crippen LogP) is -1.01. The van der Waals surface area contributed by atoms with Gasteiger partial charge in [0.2, 0.25) is 0 Å². The molecule has 1 amide bonds. The molecular formula is C7H7NO5. The quantitative estimate of drug-likeness (QED) is 0.357. The van der Waals surface area contributed by atoms with Gasteiger partial charge in [-0.3, -0.25) is 4.79 Å². The van der Waals surface area contributed by atoms with Gasteiger partial charge >= 0.3 is 11.9 Å². The molecule has 1 unspecified atom stereocenters. The standard InChI is InChI=1S/C7H7NO5/c9-5-4-2-1-3-8(5)13-7(11)6(10)12-4/h4H,1-3H2. The van der Waals surface area contributed by atoms with Crippen LogP contribution in [0.5, 0.6) is 0 Å². The maximum atomic E-state index is 11.3. The molecular weight excluding hydrogens is 178 g/mol. The Hall–Kier alpha value is -1.59. The number of hydroxylamine groups is 2. The van der Waals surface area contributed by atoms with Crippen LogP contribution in [0.4, 0.5) is 0 Å². The number of ether oxygens (including phenoxy) is 1. The van der Waals surface area contributed by atoms with E-state index >= 15 is 0 Å². The number of hydrogen-bond donors (Lipinski definition) is 0. The number of nitrogens with zero attached hydrogens (tertiary/aromatic N) is 1. The Bertz CT molecular complexity index is 261. The van der Waals surface area contributed by atoms with Gasteiger partial charge in [0, 0.05) is 0 Å². The van der Waals surface area contributed by atoms with Crippen LogP contribution in [0.2, 0.25) is 0 Å². The second kappa shape index (κ2) is 2.72. The Balaban J connectivity index is 2.27. The van der Waals surface area contributed by atoms with Gasteiger partial charge in [-0.15, -0.1) is 0 Å². The highest BCUT2D eigenvalue weighted by Crippen LogP contribution is 2.18. The minimum absolute atomic E-state index is 0.331. The second-order valence-electron chi connectivity index (χ2n) is 2.86. The van der Waals surface area contributed by atoms with Crippen LogP contribution < -0.4 is 0 Å². The average Bonchev–Trinajstić information content (AvgIpc) is 2.19. The SMILES string of the molecule is O=C1OC2CCCN(OC1=O)C2=O. The molecule has 0 aliphatic carbocycles. The smallest absolute Gasteiger partial charge is 0.441 e. The summed E-state index contributed by atoms with van der Waals surface area (Å²) in [6.45, 7) is 0.331. The number of rotatable bonds is 0. The van der Waals surface area contributed by atoms with Crippen LogP contribution in [0.3, 0.4) is 0 Å². The normalized spacial score (nSPS) is 27.8. The molecule has 2 fully saturated rings.